The Labute approximate surface area is 58.5 Å². The second kappa shape index (κ2) is 2.65. The van der Waals surface area contributed by atoms with Crippen molar-refractivity contribution < 1.29 is 5.11 Å². The first-order valence-electron chi connectivity index (χ1n) is 2.49. The quantitative estimate of drug-likeness (QED) is 0.653. The third kappa shape index (κ3) is 6.18. The Bertz CT molecular complexity index is 95.6. The summed E-state index contributed by atoms with van der Waals surface area (Å²) in [6.45, 7) is 5.35. The Morgan fingerprint density at radius 3 is 2.00 bits per heavy atom. The number of aliphatic hydroxyl groups is 1. The van der Waals surface area contributed by atoms with Crippen molar-refractivity contribution in [2.24, 2.45) is 0 Å². The summed E-state index contributed by atoms with van der Waals surface area (Å²) in [7, 11) is 0. The van der Waals surface area contributed by atoms with E-state index in [0.717, 1.165) is 4.48 Å². The van der Waals surface area contributed by atoms with Crippen LogP contribution in [-0.2, 0) is 0 Å². The van der Waals surface area contributed by atoms with E-state index in [1.165, 1.54) is 0 Å². The third-order valence-corrected chi connectivity index (χ3v) is 0.781. The Morgan fingerprint density at radius 1 is 1.62 bits per heavy atom. The second-order valence-corrected chi connectivity index (χ2v) is 3.64. The Hall–Kier alpha value is 0.180. The van der Waals surface area contributed by atoms with Gasteiger partial charge in [0.25, 0.3) is 0 Å². The van der Waals surface area contributed by atoms with Crippen molar-refractivity contribution in [3.05, 3.63) is 10.6 Å². The van der Waals surface area contributed by atoms with Crippen LogP contribution < -0.4 is 0 Å². The molecule has 2 heteroatoms. The van der Waals surface area contributed by atoms with Crippen LogP contribution in [0.15, 0.2) is 10.6 Å². The van der Waals surface area contributed by atoms with Gasteiger partial charge in [-0.3, -0.25) is 0 Å². The summed E-state index contributed by atoms with van der Waals surface area (Å²) < 4.78 is 0.963. The lowest BCUT2D eigenvalue weighted by atomic mass is 10.1. The van der Waals surface area contributed by atoms with Crippen molar-refractivity contribution >= 4 is 15.9 Å². The van der Waals surface area contributed by atoms with E-state index in [2.05, 4.69) is 15.9 Å². The molecular weight excluding hydrogens is 168 g/mol. The SMILES string of the molecule is CC(Br)=CC(C)(C)O. The highest BCUT2D eigenvalue weighted by molar-refractivity contribution is 9.11. The lowest BCUT2D eigenvalue weighted by Gasteiger charge is -2.10. The first-order chi connectivity index (χ1) is 3.42. The molecule has 0 aromatic heterocycles. The molecule has 0 aliphatic carbocycles. The van der Waals surface area contributed by atoms with E-state index < -0.39 is 5.60 Å². The predicted octanol–water partition coefficient (Wildman–Crippen LogP) is 2.06. The van der Waals surface area contributed by atoms with Crippen LogP contribution in [-0.4, -0.2) is 10.7 Å². The highest BCUT2D eigenvalue weighted by Crippen LogP contribution is 2.10. The summed E-state index contributed by atoms with van der Waals surface area (Å²) in [6, 6.07) is 0. The fourth-order valence-electron chi connectivity index (χ4n) is 0.487. The average Bonchev–Trinajstić information content (AvgIpc) is 1.21. The van der Waals surface area contributed by atoms with Gasteiger partial charge in [-0.25, -0.2) is 0 Å². The standard InChI is InChI=1S/C6H11BrO/c1-5(7)4-6(2,3)8/h4,8H,1-3H3. The van der Waals surface area contributed by atoms with Gasteiger partial charge < -0.3 is 5.11 Å². The number of halogens is 1. The fourth-order valence-corrected chi connectivity index (χ4v) is 1.05. The van der Waals surface area contributed by atoms with Gasteiger partial charge in [0, 0.05) is 0 Å². The molecule has 0 saturated carbocycles. The zero-order valence-corrected chi connectivity index (χ0v) is 6.99. The minimum atomic E-state index is -0.687. The van der Waals surface area contributed by atoms with Gasteiger partial charge in [-0.2, -0.15) is 0 Å². The van der Waals surface area contributed by atoms with E-state index in [1.54, 1.807) is 19.9 Å². The van der Waals surface area contributed by atoms with Crippen LogP contribution in [0.2, 0.25) is 0 Å². The molecule has 0 aromatic rings. The molecule has 1 N–H and O–H groups in total. The number of hydrogen-bond donors (Lipinski definition) is 1. The molecule has 0 aliphatic heterocycles. The molecule has 8 heavy (non-hydrogen) atoms. The Kier molecular flexibility index (Phi) is 2.71. The van der Waals surface area contributed by atoms with Crippen LogP contribution in [0.1, 0.15) is 20.8 Å². The molecule has 0 bridgehead atoms. The van der Waals surface area contributed by atoms with Gasteiger partial charge in [-0.1, -0.05) is 15.9 Å². The van der Waals surface area contributed by atoms with Crippen molar-refractivity contribution in [2.45, 2.75) is 26.4 Å². The maximum Gasteiger partial charge on any atom is 0.0782 e. The molecular formula is C6H11BrO. The molecule has 0 spiro atoms. The van der Waals surface area contributed by atoms with E-state index >= 15 is 0 Å². The summed E-state index contributed by atoms with van der Waals surface area (Å²) in [5.41, 5.74) is -0.687. The van der Waals surface area contributed by atoms with E-state index in [1.807, 2.05) is 6.92 Å². The number of rotatable bonds is 1. The molecule has 0 heterocycles. The monoisotopic (exact) mass is 178 g/mol. The van der Waals surface area contributed by atoms with Crippen molar-refractivity contribution in [3.63, 3.8) is 0 Å². The molecule has 1 nitrogen and oxygen atoms in total. The fraction of sp³-hybridized carbons (Fsp3) is 0.667. The highest BCUT2D eigenvalue weighted by Gasteiger charge is 2.06. The molecule has 0 aromatic carbocycles. The number of hydrogen-bond acceptors (Lipinski definition) is 1. The van der Waals surface area contributed by atoms with E-state index in [-0.39, 0.29) is 0 Å². The van der Waals surface area contributed by atoms with E-state index in [4.69, 9.17) is 5.11 Å². The molecule has 0 rings (SSSR count). The zero-order chi connectivity index (χ0) is 6.78. The maximum absolute atomic E-state index is 9.08. The molecule has 0 amide bonds. The number of allylic oxidation sites excluding steroid dienone is 1. The molecule has 0 unspecified atom stereocenters. The predicted molar refractivity (Wildman–Crippen MR) is 39.0 cm³/mol. The van der Waals surface area contributed by atoms with Crippen LogP contribution in [0.3, 0.4) is 0 Å². The minimum Gasteiger partial charge on any atom is -0.386 e. The van der Waals surface area contributed by atoms with Crippen LogP contribution >= 0.6 is 15.9 Å². The maximum atomic E-state index is 9.08. The summed E-state index contributed by atoms with van der Waals surface area (Å²) in [5.74, 6) is 0. The van der Waals surface area contributed by atoms with Crippen molar-refractivity contribution in [2.75, 3.05) is 0 Å². The smallest absolute Gasteiger partial charge is 0.0782 e. The average molecular weight is 179 g/mol. The van der Waals surface area contributed by atoms with Gasteiger partial charge >= 0.3 is 0 Å². The zero-order valence-electron chi connectivity index (χ0n) is 5.40. The normalized spacial score (nSPS) is 14.4. The molecule has 0 saturated heterocycles. The molecule has 0 aliphatic rings. The summed E-state index contributed by atoms with van der Waals surface area (Å²) in [6.07, 6.45) is 1.74. The summed E-state index contributed by atoms with van der Waals surface area (Å²) in [4.78, 5) is 0. The van der Waals surface area contributed by atoms with Gasteiger partial charge in [-0.15, -0.1) is 0 Å². The summed E-state index contributed by atoms with van der Waals surface area (Å²) >= 11 is 3.21. The van der Waals surface area contributed by atoms with Crippen molar-refractivity contribution in [3.8, 4) is 0 Å². The van der Waals surface area contributed by atoms with E-state index in [0.29, 0.717) is 0 Å². The topological polar surface area (TPSA) is 20.2 Å². The lowest BCUT2D eigenvalue weighted by molar-refractivity contribution is 0.133. The summed E-state index contributed by atoms with van der Waals surface area (Å²) in [5, 5.41) is 9.08. The van der Waals surface area contributed by atoms with Crippen molar-refractivity contribution in [1.82, 2.24) is 0 Å². The Morgan fingerprint density at radius 2 is 2.00 bits per heavy atom. The van der Waals surface area contributed by atoms with Crippen LogP contribution in [0.25, 0.3) is 0 Å². The van der Waals surface area contributed by atoms with Crippen LogP contribution in [0.5, 0.6) is 0 Å². The van der Waals surface area contributed by atoms with Gasteiger partial charge in [0.05, 0.1) is 5.60 Å². The lowest BCUT2D eigenvalue weighted by Crippen LogP contribution is -2.13. The van der Waals surface area contributed by atoms with Gasteiger partial charge in [-0.05, 0) is 31.3 Å². The Balaban J connectivity index is 3.89. The largest absolute Gasteiger partial charge is 0.386 e. The minimum absolute atomic E-state index is 0.687. The third-order valence-electron chi connectivity index (χ3n) is 0.552. The first-order valence-corrected chi connectivity index (χ1v) is 3.28. The van der Waals surface area contributed by atoms with Gasteiger partial charge in [0.15, 0.2) is 0 Å². The van der Waals surface area contributed by atoms with Crippen LogP contribution in [0.4, 0.5) is 0 Å². The molecule has 0 fully saturated rings. The van der Waals surface area contributed by atoms with Crippen molar-refractivity contribution in [1.29, 1.82) is 0 Å². The molecule has 0 radical (unpaired) electrons. The first kappa shape index (κ1) is 8.18. The van der Waals surface area contributed by atoms with Gasteiger partial charge in [0.2, 0.25) is 0 Å². The van der Waals surface area contributed by atoms with Gasteiger partial charge in [0.1, 0.15) is 0 Å². The second-order valence-electron chi connectivity index (χ2n) is 2.38. The van der Waals surface area contributed by atoms with E-state index in [9.17, 15) is 0 Å². The molecule has 0 atom stereocenters. The highest BCUT2D eigenvalue weighted by atomic mass is 79.9. The molecule has 48 valence electrons. The van der Waals surface area contributed by atoms with Crippen LogP contribution in [0, 0.1) is 0 Å².